The molecule has 0 bridgehead atoms. The van der Waals surface area contributed by atoms with Gasteiger partial charge < -0.3 is 10.5 Å². The summed E-state index contributed by atoms with van der Waals surface area (Å²) in [6.45, 7) is 2.10. The number of rotatable bonds is 4. The minimum Gasteiger partial charge on any atom is -0.463 e. The van der Waals surface area contributed by atoms with Crippen LogP contribution < -0.4 is 5.73 Å². The highest BCUT2D eigenvalue weighted by atomic mass is 35.5. The average molecular weight is 178 g/mol. The third-order valence-corrected chi connectivity index (χ3v) is 1.16. The molecule has 0 fully saturated rings. The minimum atomic E-state index is -0.407. The Balaban J connectivity index is 3.76. The average Bonchev–Trinajstić information content (AvgIpc) is 1.87. The van der Waals surface area contributed by atoms with E-state index < -0.39 is 5.97 Å². The van der Waals surface area contributed by atoms with Crippen LogP contribution in [-0.4, -0.2) is 18.5 Å². The van der Waals surface area contributed by atoms with Crippen LogP contribution in [0.25, 0.3) is 0 Å². The molecule has 3 nitrogen and oxygen atoms in total. The number of allylic oxidation sites excluding steroid dienone is 1. The van der Waals surface area contributed by atoms with Crippen LogP contribution in [0.2, 0.25) is 0 Å². The van der Waals surface area contributed by atoms with Gasteiger partial charge in [-0.15, -0.1) is 11.6 Å². The second-order valence-corrected chi connectivity index (χ2v) is 2.29. The lowest BCUT2D eigenvalue weighted by Gasteiger charge is -1.97. The Morgan fingerprint density at radius 2 is 2.36 bits per heavy atom. The molecule has 64 valence electrons. The van der Waals surface area contributed by atoms with Gasteiger partial charge in [0.1, 0.15) is 0 Å². The topological polar surface area (TPSA) is 52.3 Å². The molecule has 0 aliphatic rings. The number of hydrogen-bond acceptors (Lipinski definition) is 3. The second kappa shape index (κ2) is 6.04. The number of carbonyl (C=O) groups excluding carboxylic acids is 1. The van der Waals surface area contributed by atoms with Crippen molar-refractivity contribution in [3.05, 3.63) is 11.8 Å². The summed E-state index contributed by atoms with van der Waals surface area (Å²) in [5, 5.41) is 0. The zero-order chi connectivity index (χ0) is 8.69. The van der Waals surface area contributed by atoms with Crippen molar-refractivity contribution in [3.63, 3.8) is 0 Å². The van der Waals surface area contributed by atoms with Crippen molar-refractivity contribution in [1.29, 1.82) is 0 Å². The van der Waals surface area contributed by atoms with Gasteiger partial charge in [-0.1, -0.05) is 0 Å². The first kappa shape index (κ1) is 10.3. The quantitative estimate of drug-likeness (QED) is 0.396. The highest BCUT2D eigenvalue weighted by Gasteiger charge is 1.97. The van der Waals surface area contributed by atoms with Crippen molar-refractivity contribution in [1.82, 2.24) is 0 Å². The molecule has 11 heavy (non-hydrogen) atoms. The zero-order valence-electron chi connectivity index (χ0n) is 6.47. The minimum absolute atomic E-state index is 0.365. The van der Waals surface area contributed by atoms with Crippen molar-refractivity contribution in [3.8, 4) is 0 Å². The fraction of sp³-hybridized carbons (Fsp3) is 0.571. The van der Waals surface area contributed by atoms with Crippen LogP contribution >= 0.6 is 11.6 Å². The molecule has 0 unspecified atom stereocenters. The van der Waals surface area contributed by atoms with E-state index >= 15 is 0 Å². The SMILES string of the molecule is CCOC(=O)C=C(N)CCCl. The number of carbonyl (C=O) groups is 1. The molecule has 4 heteroatoms. The Bertz CT molecular complexity index is 157. The monoisotopic (exact) mass is 177 g/mol. The first-order chi connectivity index (χ1) is 5.20. The number of halogens is 1. The van der Waals surface area contributed by atoms with Crippen LogP contribution in [0.15, 0.2) is 11.8 Å². The van der Waals surface area contributed by atoms with Gasteiger partial charge in [0, 0.05) is 24.1 Å². The van der Waals surface area contributed by atoms with Gasteiger partial charge >= 0.3 is 5.97 Å². The third kappa shape index (κ3) is 5.73. The lowest BCUT2D eigenvalue weighted by atomic mass is 10.3. The molecule has 0 rings (SSSR count). The van der Waals surface area contributed by atoms with Gasteiger partial charge in [-0.25, -0.2) is 4.79 Å². The fourth-order valence-electron chi connectivity index (χ4n) is 0.517. The van der Waals surface area contributed by atoms with Crippen LogP contribution in [0, 0.1) is 0 Å². The van der Waals surface area contributed by atoms with Gasteiger partial charge in [0.2, 0.25) is 0 Å². The lowest BCUT2D eigenvalue weighted by Crippen LogP contribution is -2.06. The highest BCUT2D eigenvalue weighted by molar-refractivity contribution is 6.18. The van der Waals surface area contributed by atoms with Crippen molar-refractivity contribution in [2.75, 3.05) is 12.5 Å². The number of hydrogen-bond donors (Lipinski definition) is 1. The van der Waals surface area contributed by atoms with Gasteiger partial charge in [0.05, 0.1) is 6.61 Å². The zero-order valence-corrected chi connectivity index (χ0v) is 7.23. The first-order valence-corrected chi connectivity index (χ1v) is 3.93. The van der Waals surface area contributed by atoms with Gasteiger partial charge in [-0.2, -0.15) is 0 Å². The van der Waals surface area contributed by atoms with E-state index in [4.69, 9.17) is 17.3 Å². The Morgan fingerprint density at radius 1 is 1.73 bits per heavy atom. The predicted molar refractivity (Wildman–Crippen MR) is 44.2 cm³/mol. The molecule has 0 aliphatic heterocycles. The Morgan fingerprint density at radius 3 is 2.82 bits per heavy atom. The Hall–Kier alpha value is -0.700. The maximum atomic E-state index is 10.7. The number of ether oxygens (including phenoxy) is 1. The van der Waals surface area contributed by atoms with Crippen LogP contribution in [-0.2, 0) is 9.53 Å². The Kier molecular flexibility index (Phi) is 5.65. The van der Waals surface area contributed by atoms with Gasteiger partial charge in [0.15, 0.2) is 0 Å². The van der Waals surface area contributed by atoms with E-state index in [2.05, 4.69) is 4.74 Å². The van der Waals surface area contributed by atoms with Gasteiger partial charge in [-0.05, 0) is 6.92 Å². The molecule has 0 amide bonds. The predicted octanol–water partition coefficient (Wildman–Crippen LogP) is 1.02. The van der Waals surface area contributed by atoms with Crippen molar-refractivity contribution in [2.24, 2.45) is 5.73 Å². The van der Waals surface area contributed by atoms with E-state index in [1.807, 2.05) is 0 Å². The number of alkyl halides is 1. The van der Waals surface area contributed by atoms with Gasteiger partial charge in [-0.3, -0.25) is 0 Å². The fourth-order valence-corrected chi connectivity index (χ4v) is 0.735. The molecule has 0 spiro atoms. The number of esters is 1. The van der Waals surface area contributed by atoms with E-state index in [1.165, 1.54) is 6.08 Å². The molecule has 0 aliphatic carbocycles. The van der Waals surface area contributed by atoms with E-state index in [-0.39, 0.29) is 0 Å². The first-order valence-electron chi connectivity index (χ1n) is 3.39. The molecule has 2 N–H and O–H groups in total. The van der Waals surface area contributed by atoms with Crippen LogP contribution in [0.5, 0.6) is 0 Å². The summed E-state index contributed by atoms with van der Waals surface area (Å²) in [4.78, 5) is 10.7. The summed E-state index contributed by atoms with van der Waals surface area (Å²) >= 11 is 5.38. The maximum Gasteiger partial charge on any atom is 0.332 e. The highest BCUT2D eigenvalue weighted by Crippen LogP contribution is 1.95. The van der Waals surface area contributed by atoms with Crippen LogP contribution in [0.3, 0.4) is 0 Å². The summed E-state index contributed by atoms with van der Waals surface area (Å²) in [5.74, 6) is 0.0111. The summed E-state index contributed by atoms with van der Waals surface area (Å²) < 4.78 is 4.62. The standard InChI is InChI=1S/C7H12ClNO2/c1-2-11-7(10)5-6(9)3-4-8/h5H,2-4,9H2,1H3. The Labute approximate surface area is 71.2 Å². The maximum absolute atomic E-state index is 10.7. The second-order valence-electron chi connectivity index (χ2n) is 1.91. The molecule has 0 saturated carbocycles. The largest absolute Gasteiger partial charge is 0.463 e. The molecular formula is C7H12ClNO2. The van der Waals surface area contributed by atoms with E-state index in [9.17, 15) is 4.79 Å². The van der Waals surface area contributed by atoms with Crippen molar-refractivity contribution in [2.45, 2.75) is 13.3 Å². The molecule has 0 aromatic carbocycles. The van der Waals surface area contributed by atoms with Gasteiger partial charge in [0.25, 0.3) is 0 Å². The normalized spacial score (nSPS) is 11.3. The molecule has 0 saturated heterocycles. The van der Waals surface area contributed by atoms with Crippen LogP contribution in [0.4, 0.5) is 0 Å². The van der Waals surface area contributed by atoms with Crippen molar-refractivity contribution < 1.29 is 9.53 Å². The molecule has 0 heterocycles. The molecular weight excluding hydrogens is 166 g/mol. The van der Waals surface area contributed by atoms with E-state index in [1.54, 1.807) is 6.92 Å². The summed E-state index contributed by atoms with van der Waals surface area (Å²) in [5.41, 5.74) is 5.85. The van der Waals surface area contributed by atoms with E-state index in [0.717, 1.165) is 0 Å². The molecule has 0 atom stereocenters. The smallest absolute Gasteiger partial charge is 0.332 e. The third-order valence-electron chi connectivity index (χ3n) is 0.973. The summed E-state index contributed by atoms with van der Waals surface area (Å²) in [6.07, 6.45) is 1.77. The lowest BCUT2D eigenvalue weighted by molar-refractivity contribution is -0.137. The summed E-state index contributed by atoms with van der Waals surface area (Å²) in [7, 11) is 0. The van der Waals surface area contributed by atoms with E-state index in [0.29, 0.717) is 24.6 Å². The molecule has 0 aromatic rings. The molecule has 0 radical (unpaired) electrons. The van der Waals surface area contributed by atoms with Crippen LogP contribution in [0.1, 0.15) is 13.3 Å². The van der Waals surface area contributed by atoms with Crippen molar-refractivity contribution >= 4 is 17.6 Å². The summed E-state index contributed by atoms with van der Waals surface area (Å²) in [6, 6.07) is 0. The molecule has 0 aromatic heterocycles. The number of nitrogens with two attached hydrogens (primary N) is 1.